The second kappa shape index (κ2) is 8.59. The van der Waals surface area contributed by atoms with Crippen LogP contribution in [0.1, 0.15) is 17.2 Å². The van der Waals surface area contributed by atoms with Crippen molar-refractivity contribution >= 4 is 22.4 Å². The van der Waals surface area contributed by atoms with Crippen molar-refractivity contribution in [2.45, 2.75) is 23.9 Å². The summed E-state index contributed by atoms with van der Waals surface area (Å²) in [5.41, 5.74) is 1.42. The summed E-state index contributed by atoms with van der Waals surface area (Å²) >= 11 is 0. The van der Waals surface area contributed by atoms with E-state index in [4.69, 9.17) is 4.74 Å². The van der Waals surface area contributed by atoms with Gasteiger partial charge in [0.2, 0.25) is 16.4 Å². The molecule has 2 aromatic rings. The van der Waals surface area contributed by atoms with Crippen LogP contribution in [0, 0.1) is 6.92 Å². The lowest BCUT2D eigenvalue weighted by Gasteiger charge is -2.26. The van der Waals surface area contributed by atoms with Crippen LogP contribution < -0.4 is 10.0 Å². The minimum atomic E-state index is -3.94. The molecule has 138 valence electrons. The van der Waals surface area contributed by atoms with Crippen molar-refractivity contribution < 1.29 is 22.7 Å². The maximum absolute atomic E-state index is 12.8. The zero-order valence-corrected chi connectivity index (χ0v) is 15.2. The summed E-state index contributed by atoms with van der Waals surface area (Å²) in [5.74, 6) is -0.766. The molecule has 0 aliphatic carbocycles. The van der Waals surface area contributed by atoms with Gasteiger partial charge in [-0.2, -0.15) is 0 Å². The summed E-state index contributed by atoms with van der Waals surface area (Å²) in [5, 5.41) is 2.33. The minimum absolute atomic E-state index is 0.0544. The molecule has 2 rings (SSSR count). The molecule has 26 heavy (non-hydrogen) atoms. The molecule has 8 heteroatoms. The Labute approximate surface area is 152 Å². The van der Waals surface area contributed by atoms with E-state index < -0.39 is 28.1 Å². The summed E-state index contributed by atoms with van der Waals surface area (Å²) < 4.78 is 32.7. The van der Waals surface area contributed by atoms with Gasteiger partial charge in [0.25, 0.3) is 0 Å². The fourth-order valence-electron chi connectivity index (χ4n) is 2.44. The van der Waals surface area contributed by atoms with Crippen molar-refractivity contribution in [1.29, 1.82) is 0 Å². The lowest BCUT2D eigenvalue weighted by atomic mass is 10.0. The summed E-state index contributed by atoms with van der Waals surface area (Å²) in [6.07, 6.45) is 0.331. The first kappa shape index (κ1) is 19.6. The predicted octanol–water partition coefficient (Wildman–Crippen LogP) is 1.30. The maximum atomic E-state index is 12.8. The Balaban J connectivity index is 2.45. The highest BCUT2D eigenvalue weighted by Gasteiger charge is 2.33. The van der Waals surface area contributed by atoms with Gasteiger partial charge in [-0.1, -0.05) is 48.0 Å². The van der Waals surface area contributed by atoms with Gasteiger partial charge >= 0.3 is 5.97 Å². The first-order valence-corrected chi connectivity index (χ1v) is 9.29. The summed E-state index contributed by atoms with van der Waals surface area (Å²) in [6.45, 7) is 1.85. The third-order valence-corrected chi connectivity index (χ3v) is 5.27. The molecule has 1 amide bonds. The Hall–Kier alpha value is -2.71. The van der Waals surface area contributed by atoms with Gasteiger partial charge in [-0.25, -0.2) is 17.9 Å². The third-order valence-electron chi connectivity index (χ3n) is 3.81. The van der Waals surface area contributed by atoms with Gasteiger partial charge in [-0.05, 0) is 24.6 Å². The van der Waals surface area contributed by atoms with Gasteiger partial charge in [0.05, 0.1) is 18.0 Å². The van der Waals surface area contributed by atoms with Crippen molar-refractivity contribution in [3.8, 4) is 0 Å². The fraction of sp³-hybridized carbons (Fsp3) is 0.222. The molecule has 0 spiro atoms. The standard InChI is InChI=1S/C18H20N2O5S/c1-13-8-10-15(11-9-13)26(23,24)20-16(14-6-4-3-5-7-14)17(19-12-21)18(22)25-2/h3-12,16-17,20H,1-2H3,(H,19,21). The predicted molar refractivity (Wildman–Crippen MR) is 95.7 cm³/mol. The maximum Gasteiger partial charge on any atom is 0.330 e. The summed E-state index contributed by atoms with van der Waals surface area (Å²) in [6, 6.07) is 12.5. The molecule has 0 radical (unpaired) electrons. The second-order valence-electron chi connectivity index (χ2n) is 5.61. The monoisotopic (exact) mass is 376 g/mol. The van der Waals surface area contributed by atoms with Crippen LogP contribution >= 0.6 is 0 Å². The van der Waals surface area contributed by atoms with Crippen LogP contribution in [0.25, 0.3) is 0 Å². The van der Waals surface area contributed by atoms with Crippen LogP contribution in [-0.2, 0) is 24.3 Å². The highest BCUT2D eigenvalue weighted by Crippen LogP contribution is 2.21. The van der Waals surface area contributed by atoms with Gasteiger partial charge in [0, 0.05) is 0 Å². The van der Waals surface area contributed by atoms with E-state index >= 15 is 0 Å². The number of benzene rings is 2. The van der Waals surface area contributed by atoms with E-state index in [0.717, 1.165) is 5.56 Å². The van der Waals surface area contributed by atoms with Crippen LogP contribution in [-0.4, -0.2) is 33.9 Å². The van der Waals surface area contributed by atoms with E-state index in [2.05, 4.69) is 10.0 Å². The lowest BCUT2D eigenvalue weighted by Crippen LogP contribution is -2.48. The number of nitrogens with one attached hydrogen (secondary N) is 2. The van der Waals surface area contributed by atoms with E-state index in [1.807, 2.05) is 6.92 Å². The van der Waals surface area contributed by atoms with Crippen LogP contribution in [0.2, 0.25) is 0 Å². The number of sulfonamides is 1. The Morgan fingerprint density at radius 1 is 1.08 bits per heavy atom. The largest absolute Gasteiger partial charge is 0.467 e. The van der Waals surface area contributed by atoms with Gasteiger partial charge in [-0.15, -0.1) is 0 Å². The van der Waals surface area contributed by atoms with Crippen molar-refractivity contribution in [3.05, 3.63) is 65.7 Å². The Bertz CT molecular complexity index is 851. The molecule has 0 bridgehead atoms. The lowest BCUT2D eigenvalue weighted by molar-refractivity contribution is -0.144. The van der Waals surface area contributed by atoms with E-state index in [1.54, 1.807) is 42.5 Å². The van der Waals surface area contributed by atoms with Crippen molar-refractivity contribution in [2.24, 2.45) is 0 Å². The van der Waals surface area contributed by atoms with Crippen LogP contribution in [0.4, 0.5) is 0 Å². The van der Waals surface area contributed by atoms with Crippen LogP contribution in [0.15, 0.2) is 59.5 Å². The highest BCUT2D eigenvalue weighted by molar-refractivity contribution is 7.89. The molecule has 2 N–H and O–H groups in total. The third kappa shape index (κ3) is 4.68. The number of hydrogen-bond acceptors (Lipinski definition) is 5. The molecule has 0 saturated carbocycles. The van der Waals surface area contributed by atoms with Crippen molar-refractivity contribution in [1.82, 2.24) is 10.0 Å². The second-order valence-corrected chi connectivity index (χ2v) is 7.32. The minimum Gasteiger partial charge on any atom is -0.467 e. The first-order valence-electron chi connectivity index (χ1n) is 7.80. The van der Waals surface area contributed by atoms with Crippen molar-refractivity contribution in [2.75, 3.05) is 7.11 Å². The number of amides is 1. The first-order chi connectivity index (χ1) is 12.4. The Kier molecular flexibility index (Phi) is 6.48. The number of rotatable bonds is 8. The average Bonchev–Trinajstić information content (AvgIpc) is 2.65. The normalized spacial score (nSPS) is 13.5. The zero-order chi connectivity index (χ0) is 19.2. The Morgan fingerprint density at radius 2 is 1.69 bits per heavy atom. The number of esters is 1. The quantitative estimate of drug-likeness (QED) is 0.534. The number of methoxy groups -OCH3 is 1. The van der Waals surface area contributed by atoms with E-state index in [0.29, 0.717) is 12.0 Å². The average molecular weight is 376 g/mol. The van der Waals surface area contributed by atoms with Gasteiger partial charge < -0.3 is 10.1 Å². The van der Waals surface area contributed by atoms with Crippen molar-refractivity contribution in [3.63, 3.8) is 0 Å². The SMILES string of the molecule is COC(=O)C(NC=O)C(NS(=O)(=O)c1ccc(C)cc1)c1ccccc1. The summed E-state index contributed by atoms with van der Waals surface area (Å²) in [4.78, 5) is 23.1. The molecular formula is C18H20N2O5S. The molecule has 2 atom stereocenters. The topological polar surface area (TPSA) is 102 Å². The number of ether oxygens (including phenoxy) is 1. The number of aryl methyl sites for hydroxylation is 1. The smallest absolute Gasteiger partial charge is 0.330 e. The number of carbonyl (C=O) groups excluding carboxylic acids is 2. The molecule has 2 unspecified atom stereocenters. The molecule has 0 fully saturated rings. The zero-order valence-electron chi connectivity index (χ0n) is 14.4. The molecule has 0 aromatic heterocycles. The molecular weight excluding hydrogens is 356 g/mol. The molecule has 0 aliphatic rings. The number of carbonyl (C=O) groups is 2. The molecule has 0 saturated heterocycles. The summed E-state index contributed by atoms with van der Waals surface area (Å²) in [7, 11) is -2.78. The van der Waals surface area contributed by atoms with Crippen LogP contribution in [0.5, 0.6) is 0 Å². The molecule has 0 aliphatic heterocycles. The van der Waals surface area contributed by atoms with E-state index in [9.17, 15) is 18.0 Å². The Morgan fingerprint density at radius 3 is 2.23 bits per heavy atom. The number of hydrogen-bond donors (Lipinski definition) is 2. The van der Waals surface area contributed by atoms with E-state index in [1.165, 1.54) is 19.2 Å². The molecule has 0 heterocycles. The molecule has 7 nitrogen and oxygen atoms in total. The fourth-order valence-corrected chi connectivity index (χ4v) is 3.68. The highest BCUT2D eigenvalue weighted by atomic mass is 32.2. The van der Waals surface area contributed by atoms with Crippen LogP contribution in [0.3, 0.4) is 0 Å². The van der Waals surface area contributed by atoms with Gasteiger partial charge in [0.1, 0.15) is 6.04 Å². The van der Waals surface area contributed by atoms with Gasteiger partial charge in [0.15, 0.2) is 0 Å². The molecule has 2 aromatic carbocycles. The van der Waals surface area contributed by atoms with E-state index in [-0.39, 0.29) is 4.90 Å². The van der Waals surface area contributed by atoms with Gasteiger partial charge in [-0.3, -0.25) is 4.79 Å².